The summed E-state index contributed by atoms with van der Waals surface area (Å²) in [6.07, 6.45) is 3.64. The van der Waals surface area contributed by atoms with Crippen molar-refractivity contribution in [2.24, 2.45) is 0 Å². The van der Waals surface area contributed by atoms with Gasteiger partial charge in [-0.2, -0.15) is 0 Å². The van der Waals surface area contributed by atoms with Crippen LogP contribution in [0.5, 0.6) is 0 Å². The normalized spacial score (nSPS) is 10.4. The van der Waals surface area contributed by atoms with Crippen molar-refractivity contribution < 1.29 is 0 Å². The summed E-state index contributed by atoms with van der Waals surface area (Å²) in [6.45, 7) is 1.63. The van der Waals surface area contributed by atoms with Gasteiger partial charge in [0.15, 0.2) is 0 Å². The highest BCUT2D eigenvalue weighted by atomic mass is 14.9. The van der Waals surface area contributed by atoms with Crippen LogP contribution in [0, 0.1) is 0 Å². The molecule has 1 aromatic heterocycles. The van der Waals surface area contributed by atoms with Crippen LogP contribution >= 0.6 is 0 Å². The highest BCUT2D eigenvalue weighted by Crippen LogP contribution is 2.23. The Balaban J connectivity index is 1.34. The Morgan fingerprint density at radius 2 is 0.964 bits per heavy atom. The zero-order chi connectivity index (χ0) is 19.0. The maximum Gasteiger partial charge on any atom is 0.0401 e. The quantitative estimate of drug-likeness (QED) is 0.423. The number of rotatable bonds is 7. The van der Waals surface area contributed by atoms with Crippen LogP contribution in [0.25, 0.3) is 11.1 Å². The molecule has 3 nitrogen and oxygen atoms in total. The molecule has 0 aliphatic rings. The van der Waals surface area contributed by atoms with E-state index in [-0.39, 0.29) is 0 Å². The Labute approximate surface area is 166 Å². The molecule has 28 heavy (non-hydrogen) atoms. The highest BCUT2D eigenvalue weighted by Gasteiger charge is 2.00. The van der Waals surface area contributed by atoms with Crippen molar-refractivity contribution >= 4 is 11.4 Å². The lowest BCUT2D eigenvalue weighted by Crippen LogP contribution is -1.99. The Kier molecular flexibility index (Phi) is 5.64. The first-order valence-corrected chi connectivity index (χ1v) is 9.48. The van der Waals surface area contributed by atoms with Crippen molar-refractivity contribution in [3.63, 3.8) is 0 Å². The molecule has 0 radical (unpaired) electrons. The molecule has 0 saturated heterocycles. The first-order chi connectivity index (χ1) is 13.9. The van der Waals surface area contributed by atoms with Gasteiger partial charge in [-0.15, -0.1) is 0 Å². The molecule has 0 aliphatic heterocycles. The SMILES string of the molecule is c1ccc(CNc2ccc(-c3ccc(NCc4ccncc4)cc3)cc2)cc1. The van der Waals surface area contributed by atoms with E-state index in [1.54, 1.807) is 0 Å². The minimum Gasteiger partial charge on any atom is -0.381 e. The van der Waals surface area contributed by atoms with Gasteiger partial charge in [-0.1, -0.05) is 54.6 Å². The molecule has 3 heteroatoms. The molecule has 1 heterocycles. The van der Waals surface area contributed by atoms with Crippen LogP contribution in [-0.2, 0) is 13.1 Å². The van der Waals surface area contributed by atoms with Crippen LogP contribution in [0.15, 0.2) is 103 Å². The number of hydrogen-bond donors (Lipinski definition) is 2. The van der Waals surface area contributed by atoms with Crippen LogP contribution in [0.3, 0.4) is 0 Å². The third-order valence-corrected chi connectivity index (χ3v) is 4.69. The lowest BCUT2D eigenvalue weighted by atomic mass is 10.0. The minimum absolute atomic E-state index is 0.795. The topological polar surface area (TPSA) is 37.0 Å². The second-order valence-electron chi connectivity index (χ2n) is 6.70. The Morgan fingerprint density at radius 3 is 1.46 bits per heavy atom. The summed E-state index contributed by atoms with van der Waals surface area (Å²) in [5.41, 5.74) is 7.17. The van der Waals surface area contributed by atoms with Crippen LogP contribution in [0.1, 0.15) is 11.1 Å². The van der Waals surface area contributed by atoms with Gasteiger partial charge in [-0.3, -0.25) is 4.98 Å². The van der Waals surface area contributed by atoms with Gasteiger partial charge >= 0.3 is 0 Å². The molecule has 138 valence electrons. The van der Waals surface area contributed by atoms with Crippen molar-refractivity contribution in [2.75, 3.05) is 10.6 Å². The fraction of sp³-hybridized carbons (Fsp3) is 0.0800. The summed E-state index contributed by atoms with van der Waals surface area (Å²) >= 11 is 0. The van der Waals surface area contributed by atoms with E-state index in [1.807, 2.05) is 30.6 Å². The lowest BCUT2D eigenvalue weighted by Gasteiger charge is -2.09. The Morgan fingerprint density at radius 1 is 0.500 bits per heavy atom. The average Bonchev–Trinajstić information content (AvgIpc) is 2.78. The van der Waals surface area contributed by atoms with E-state index in [2.05, 4.69) is 88.4 Å². The molecule has 0 fully saturated rings. The molecule has 0 spiro atoms. The van der Waals surface area contributed by atoms with Crippen molar-refractivity contribution in [1.29, 1.82) is 0 Å². The molecule has 0 amide bonds. The molecule has 4 aromatic rings. The van der Waals surface area contributed by atoms with Gasteiger partial charge in [-0.05, 0) is 58.7 Å². The fourth-order valence-electron chi connectivity index (χ4n) is 3.07. The first kappa shape index (κ1) is 17.8. The van der Waals surface area contributed by atoms with E-state index < -0.39 is 0 Å². The van der Waals surface area contributed by atoms with Crippen molar-refractivity contribution in [3.05, 3.63) is 115 Å². The first-order valence-electron chi connectivity index (χ1n) is 9.48. The van der Waals surface area contributed by atoms with E-state index in [0.717, 1.165) is 24.5 Å². The van der Waals surface area contributed by atoms with Gasteiger partial charge in [0.1, 0.15) is 0 Å². The zero-order valence-electron chi connectivity index (χ0n) is 15.7. The van der Waals surface area contributed by atoms with Crippen LogP contribution in [0.2, 0.25) is 0 Å². The third kappa shape index (κ3) is 4.77. The third-order valence-electron chi connectivity index (χ3n) is 4.69. The molecule has 4 rings (SSSR count). The maximum atomic E-state index is 4.05. The summed E-state index contributed by atoms with van der Waals surface area (Å²) < 4.78 is 0. The predicted molar refractivity (Wildman–Crippen MR) is 117 cm³/mol. The van der Waals surface area contributed by atoms with E-state index in [9.17, 15) is 0 Å². The number of anilines is 2. The number of nitrogens with one attached hydrogen (secondary N) is 2. The second-order valence-corrected chi connectivity index (χ2v) is 6.70. The summed E-state index contributed by atoms with van der Waals surface area (Å²) in [5.74, 6) is 0. The molecule has 2 N–H and O–H groups in total. The van der Waals surface area contributed by atoms with Gasteiger partial charge in [0.2, 0.25) is 0 Å². The molecule has 0 saturated carbocycles. The zero-order valence-corrected chi connectivity index (χ0v) is 15.7. The molecular weight excluding hydrogens is 342 g/mol. The van der Waals surface area contributed by atoms with E-state index in [0.29, 0.717) is 0 Å². The molecule has 0 atom stereocenters. The van der Waals surface area contributed by atoms with Gasteiger partial charge in [-0.25, -0.2) is 0 Å². The molecular formula is C25H23N3. The van der Waals surface area contributed by atoms with Crippen molar-refractivity contribution in [3.8, 4) is 11.1 Å². The summed E-state index contributed by atoms with van der Waals surface area (Å²) in [5, 5.41) is 6.91. The number of hydrogen-bond acceptors (Lipinski definition) is 3. The molecule has 0 aliphatic carbocycles. The molecule has 0 bridgehead atoms. The highest BCUT2D eigenvalue weighted by molar-refractivity contribution is 5.68. The minimum atomic E-state index is 0.795. The van der Waals surface area contributed by atoms with Gasteiger partial charge in [0.25, 0.3) is 0 Å². The molecule has 0 unspecified atom stereocenters. The standard InChI is InChI=1S/C25H23N3/c1-2-4-20(5-3-1)18-27-24-10-6-22(7-11-24)23-8-12-25(13-9-23)28-19-21-14-16-26-17-15-21/h1-17,27-28H,18-19H2. The van der Waals surface area contributed by atoms with E-state index in [1.165, 1.54) is 22.3 Å². The average molecular weight is 365 g/mol. The summed E-state index contributed by atoms with van der Waals surface area (Å²) in [6, 6.07) is 31.6. The fourth-order valence-corrected chi connectivity index (χ4v) is 3.07. The maximum absolute atomic E-state index is 4.05. The number of aromatic nitrogens is 1. The van der Waals surface area contributed by atoms with Crippen LogP contribution < -0.4 is 10.6 Å². The number of pyridine rings is 1. The number of benzene rings is 3. The van der Waals surface area contributed by atoms with Gasteiger partial charge < -0.3 is 10.6 Å². The van der Waals surface area contributed by atoms with Gasteiger partial charge in [0, 0.05) is 36.9 Å². The van der Waals surface area contributed by atoms with Crippen LogP contribution in [0.4, 0.5) is 11.4 Å². The second kappa shape index (κ2) is 8.87. The van der Waals surface area contributed by atoms with Crippen molar-refractivity contribution in [1.82, 2.24) is 4.98 Å². The van der Waals surface area contributed by atoms with E-state index in [4.69, 9.17) is 0 Å². The number of nitrogens with zero attached hydrogens (tertiary/aromatic N) is 1. The van der Waals surface area contributed by atoms with Crippen LogP contribution in [-0.4, -0.2) is 4.98 Å². The Hall–Kier alpha value is -3.59. The summed E-state index contributed by atoms with van der Waals surface area (Å²) in [4.78, 5) is 4.05. The smallest absolute Gasteiger partial charge is 0.0401 e. The van der Waals surface area contributed by atoms with E-state index >= 15 is 0 Å². The molecule has 3 aromatic carbocycles. The van der Waals surface area contributed by atoms with Gasteiger partial charge in [0.05, 0.1) is 0 Å². The predicted octanol–water partition coefficient (Wildman–Crippen LogP) is 5.97. The lowest BCUT2D eigenvalue weighted by molar-refractivity contribution is 1.13. The van der Waals surface area contributed by atoms with Crippen molar-refractivity contribution in [2.45, 2.75) is 13.1 Å². The largest absolute Gasteiger partial charge is 0.381 e. The summed E-state index contributed by atoms with van der Waals surface area (Å²) in [7, 11) is 0. The Bertz CT molecular complexity index is 894. The monoisotopic (exact) mass is 365 g/mol.